The number of hydrogen-bond acceptors (Lipinski definition) is 7. The lowest BCUT2D eigenvalue weighted by Crippen LogP contribution is -1.94. The van der Waals surface area contributed by atoms with Crippen LogP contribution < -0.4 is 5.73 Å². The SMILES string of the molecule is Nc1ncnc2c1ncn2Sc1nc2ccccc2s1. The fourth-order valence-corrected chi connectivity index (χ4v) is 3.85. The zero-order chi connectivity index (χ0) is 13.5. The second-order valence-electron chi connectivity index (χ2n) is 4.04. The van der Waals surface area contributed by atoms with E-state index in [1.807, 2.05) is 22.2 Å². The molecule has 0 amide bonds. The summed E-state index contributed by atoms with van der Waals surface area (Å²) in [6, 6.07) is 8.05. The van der Waals surface area contributed by atoms with Crippen LogP contribution in [0.4, 0.5) is 5.82 Å². The number of rotatable bonds is 2. The second-order valence-corrected chi connectivity index (χ2v) is 6.29. The summed E-state index contributed by atoms with van der Waals surface area (Å²) in [7, 11) is 0. The molecular weight excluding hydrogens is 292 g/mol. The van der Waals surface area contributed by atoms with Crippen molar-refractivity contribution in [3.05, 3.63) is 36.9 Å². The summed E-state index contributed by atoms with van der Waals surface area (Å²) in [5, 5.41) is 0. The summed E-state index contributed by atoms with van der Waals surface area (Å²) in [5.74, 6) is 0.388. The van der Waals surface area contributed by atoms with E-state index in [4.69, 9.17) is 5.73 Å². The van der Waals surface area contributed by atoms with Gasteiger partial charge in [-0.15, -0.1) is 11.3 Å². The zero-order valence-corrected chi connectivity index (χ0v) is 11.7. The van der Waals surface area contributed by atoms with Gasteiger partial charge in [-0.05, 0) is 12.1 Å². The van der Waals surface area contributed by atoms with Crippen LogP contribution in [0.25, 0.3) is 21.4 Å². The topological polar surface area (TPSA) is 82.5 Å². The fourth-order valence-electron chi connectivity index (χ4n) is 1.87. The molecule has 8 heteroatoms. The molecule has 0 aliphatic heterocycles. The Bertz CT molecular complexity index is 880. The highest BCUT2D eigenvalue weighted by Gasteiger charge is 2.11. The van der Waals surface area contributed by atoms with Gasteiger partial charge in [0, 0.05) is 11.9 Å². The molecule has 0 aliphatic carbocycles. The molecule has 0 atom stereocenters. The maximum absolute atomic E-state index is 5.77. The van der Waals surface area contributed by atoms with Crippen molar-refractivity contribution in [2.24, 2.45) is 0 Å². The van der Waals surface area contributed by atoms with Gasteiger partial charge in [0.05, 0.1) is 10.2 Å². The van der Waals surface area contributed by atoms with E-state index in [2.05, 4.69) is 26.0 Å². The monoisotopic (exact) mass is 300 g/mol. The molecule has 0 fully saturated rings. The van der Waals surface area contributed by atoms with Crippen LogP contribution in [0, 0.1) is 0 Å². The van der Waals surface area contributed by atoms with Gasteiger partial charge in [-0.3, -0.25) is 0 Å². The van der Waals surface area contributed by atoms with Crippen molar-refractivity contribution in [3.8, 4) is 0 Å². The largest absolute Gasteiger partial charge is 0.382 e. The first kappa shape index (κ1) is 11.6. The van der Waals surface area contributed by atoms with E-state index in [0.29, 0.717) is 17.0 Å². The molecule has 98 valence electrons. The number of anilines is 1. The molecule has 3 heterocycles. The van der Waals surface area contributed by atoms with E-state index in [9.17, 15) is 0 Å². The Hall–Kier alpha value is -2.19. The molecule has 0 bridgehead atoms. The Kier molecular flexibility index (Phi) is 2.57. The summed E-state index contributed by atoms with van der Waals surface area (Å²) in [5.41, 5.74) is 8.08. The van der Waals surface area contributed by atoms with Crippen molar-refractivity contribution in [1.82, 2.24) is 23.9 Å². The van der Waals surface area contributed by atoms with Crippen molar-refractivity contribution in [2.45, 2.75) is 4.34 Å². The van der Waals surface area contributed by atoms with Crippen molar-refractivity contribution >= 4 is 50.5 Å². The lowest BCUT2D eigenvalue weighted by Gasteiger charge is -1.98. The number of fused-ring (bicyclic) bond motifs is 2. The minimum Gasteiger partial charge on any atom is -0.382 e. The smallest absolute Gasteiger partial charge is 0.175 e. The number of thiazole rings is 1. The van der Waals surface area contributed by atoms with Crippen molar-refractivity contribution in [3.63, 3.8) is 0 Å². The first-order valence-electron chi connectivity index (χ1n) is 5.79. The summed E-state index contributed by atoms with van der Waals surface area (Å²) in [6.45, 7) is 0. The van der Waals surface area contributed by atoms with Crippen molar-refractivity contribution < 1.29 is 0 Å². The van der Waals surface area contributed by atoms with Gasteiger partial charge >= 0.3 is 0 Å². The number of nitrogens with zero attached hydrogens (tertiary/aromatic N) is 5. The Balaban J connectivity index is 1.78. The predicted octanol–water partition coefficient (Wildman–Crippen LogP) is 2.57. The molecule has 1 aromatic carbocycles. The average molecular weight is 300 g/mol. The maximum atomic E-state index is 5.77. The highest BCUT2D eigenvalue weighted by molar-refractivity contribution is 7.99. The van der Waals surface area contributed by atoms with Crippen LogP contribution >= 0.6 is 23.3 Å². The number of hydrogen-bond donors (Lipinski definition) is 1. The normalized spacial score (nSPS) is 11.4. The van der Waals surface area contributed by atoms with Crippen LogP contribution in [0.3, 0.4) is 0 Å². The molecule has 0 radical (unpaired) electrons. The molecule has 0 saturated carbocycles. The Morgan fingerprint density at radius 3 is 2.95 bits per heavy atom. The van der Waals surface area contributed by atoms with E-state index in [1.54, 1.807) is 17.7 Å². The lowest BCUT2D eigenvalue weighted by molar-refractivity contribution is 1.17. The molecule has 4 aromatic rings. The van der Waals surface area contributed by atoms with Crippen LogP contribution in [0.2, 0.25) is 0 Å². The summed E-state index contributed by atoms with van der Waals surface area (Å²) in [4.78, 5) is 17.0. The summed E-state index contributed by atoms with van der Waals surface area (Å²) in [6.07, 6.45) is 3.13. The van der Waals surface area contributed by atoms with Gasteiger partial charge in [0.25, 0.3) is 0 Å². The Labute approximate surface area is 121 Å². The molecule has 2 N–H and O–H groups in total. The predicted molar refractivity (Wildman–Crippen MR) is 80.6 cm³/mol. The third-order valence-electron chi connectivity index (χ3n) is 2.78. The van der Waals surface area contributed by atoms with Gasteiger partial charge in [0.2, 0.25) is 0 Å². The van der Waals surface area contributed by atoms with Crippen LogP contribution in [0.5, 0.6) is 0 Å². The van der Waals surface area contributed by atoms with Crippen LogP contribution in [0.15, 0.2) is 41.3 Å². The minimum atomic E-state index is 0.388. The molecule has 0 unspecified atom stereocenters. The lowest BCUT2D eigenvalue weighted by atomic mass is 10.3. The van der Waals surface area contributed by atoms with Gasteiger partial charge in [0.15, 0.2) is 21.3 Å². The number of benzene rings is 1. The van der Waals surface area contributed by atoms with Gasteiger partial charge in [-0.25, -0.2) is 23.9 Å². The number of imidazole rings is 1. The van der Waals surface area contributed by atoms with Crippen LogP contribution in [-0.2, 0) is 0 Å². The van der Waals surface area contributed by atoms with Gasteiger partial charge in [0.1, 0.15) is 12.7 Å². The van der Waals surface area contributed by atoms with E-state index >= 15 is 0 Å². The molecule has 4 rings (SSSR count). The maximum Gasteiger partial charge on any atom is 0.175 e. The van der Waals surface area contributed by atoms with Gasteiger partial charge in [-0.2, -0.15) is 0 Å². The van der Waals surface area contributed by atoms with Gasteiger partial charge in [-0.1, -0.05) is 12.1 Å². The molecule has 0 aliphatic rings. The highest BCUT2D eigenvalue weighted by Crippen LogP contribution is 2.31. The quantitative estimate of drug-likeness (QED) is 0.612. The van der Waals surface area contributed by atoms with Crippen LogP contribution in [-0.4, -0.2) is 23.9 Å². The molecule has 0 saturated heterocycles. The highest BCUT2D eigenvalue weighted by atomic mass is 32.2. The third kappa shape index (κ3) is 1.81. The summed E-state index contributed by atoms with van der Waals surface area (Å²) >= 11 is 3.11. The second kappa shape index (κ2) is 4.43. The Morgan fingerprint density at radius 2 is 2.05 bits per heavy atom. The number of nitrogens with two attached hydrogens (primary N) is 1. The van der Waals surface area contributed by atoms with Crippen molar-refractivity contribution in [2.75, 3.05) is 5.73 Å². The number of nitrogen functional groups attached to an aromatic ring is 1. The standard InChI is InChI=1S/C12H8N6S2/c13-10-9-11(15-5-14-10)18(6-16-9)20-12-17-7-3-1-2-4-8(7)19-12/h1-6H,(H2,13,14,15). The van der Waals surface area contributed by atoms with E-state index in [1.165, 1.54) is 18.3 Å². The third-order valence-corrected chi connectivity index (χ3v) is 4.80. The first-order chi connectivity index (χ1) is 9.81. The Morgan fingerprint density at radius 1 is 1.15 bits per heavy atom. The molecule has 0 spiro atoms. The molecular formula is C12H8N6S2. The summed E-state index contributed by atoms with van der Waals surface area (Å²) < 4.78 is 3.95. The number of para-hydroxylation sites is 1. The molecule has 6 nitrogen and oxygen atoms in total. The average Bonchev–Trinajstić information content (AvgIpc) is 3.04. The first-order valence-corrected chi connectivity index (χ1v) is 7.38. The van der Waals surface area contributed by atoms with Crippen molar-refractivity contribution in [1.29, 1.82) is 0 Å². The molecule has 3 aromatic heterocycles. The fraction of sp³-hybridized carbons (Fsp3) is 0. The van der Waals surface area contributed by atoms with E-state index < -0.39 is 0 Å². The van der Waals surface area contributed by atoms with E-state index in [0.717, 1.165) is 14.6 Å². The van der Waals surface area contributed by atoms with Crippen LogP contribution in [0.1, 0.15) is 0 Å². The number of aromatic nitrogens is 5. The zero-order valence-electron chi connectivity index (χ0n) is 10.1. The minimum absolute atomic E-state index is 0.388. The van der Waals surface area contributed by atoms with Gasteiger partial charge < -0.3 is 5.73 Å². The molecule has 20 heavy (non-hydrogen) atoms. The van der Waals surface area contributed by atoms with E-state index in [-0.39, 0.29) is 0 Å².